The maximum absolute atomic E-state index is 12.3. The first-order chi connectivity index (χ1) is 8.57. The summed E-state index contributed by atoms with van der Waals surface area (Å²) in [6.07, 6.45) is 3.08. The number of alkyl halides is 1. The lowest BCUT2D eigenvalue weighted by Gasteiger charge is -2.18. The van der Waals surface area contributed by atoms with Crippen LogP contribution in [0.15, 0.2) is 22.7 Å². The van der Waals surface area contributed by atoms with E-state index < -0.39 is 0 Å². The van der Waals surface area contributed by atoms with E-state index in [2.05, 4.69) is 15.9 Å². The van der Waals surface area contributed by atoms with Gasteiger partial charge in [0.05, 0.1) is 0 Å². The van der Waals surface area contributed by atoms with E-state index in [9.17, 15) is 4.79 Å². The van der Waals surface area contributed by atoms with Gasteiger partial charge in [0.1, 0.15) is 0 Å². The predicted molar refractivity (Wildman–Crippen MR) is 80.4 cm³/mol. The van der Waals surface area contributed by atoms with Crippen LogP contribution in [0.5, 0.6) is 0 Å². The zero-order chi connectivity index (χ0) is 13.5. The zero-order valence-corrected chi connectivity index (χ0v) is 13.2. The molecule has 1 aromatic carbocycles. The van der Waals surface area contributed by atoms with Crippen molar-refractivity contribution in [1.29, 1.82) is 0 Å². The first-order valence-corrected chi connectivity index (χ1v) is 7.47. The lowest BCUT2D eigenvalue weighted by molar-refractivity contribution is 0.0792. The lowest BCUT2D eigenvalue weighted by atomic mass is 10.1. The van der Waals surface area contributed by atoms with Crippen molar-refractivity contribution >= 4 is 33.4 Å². The first kappa shape index (κ1) is 15.5. The van der Waals surface area contributed by atoms with Gasteiger partial charge < -0.3 is 4.90 Å². The molecule has 0 aliphatic heterocycles. The monoisotopic (exact) mass is 331 g/mol. The number of carbonyl (C=O) groups excluding carboxylic acids is 1. The molecule has 0 atom stereocenters. The molecule has 0 aromatic heterocycles. The highest BCUT2D eigenvalue weighted by molar-refractivity contribution is 9.10. The van der Waals surface area contributed by atoms with Crippen LogP contribution in [0.1, 0.15) is 35.2 Å². The molecule has 1 rings (SSSR count). The van der Waals surface area contributed by atoms with Crippen molar-refractivity contribution in [3.63, 3.8) is 0 Å². The first-order valence-electron chi connectivity index (χ1n) is 6.14. The Labute approximate surface area is 122 Å². The Morgan fingerprint density at radius 2 is 2.06 bits per heavy atom. The van der Waals surface area contributed by atoms with Gasteiger partial charge >= 0.3 is 0 Å². The Morgan fingerprint density at radius 1 is 1.33 bits per heavy atom. The second kappa shape index (κ2) is 7.80. The predicted octanol–water partition coefficient (Wildman–Crippen LogP) is 4.24. The van der Waals surface area contributed by atoms with E-state index in [4.69, 9.17) is 11.6 Å². The lowest BCUT2D eigenvalue weighted by Crippen LogP contribution is -2.28. The van der Waals surface area contributed by atoms with Crippen LogP contribution in [-0.4, -0.2) is 30.3 Å². The molecule has 100 valence electrons. The molecule has 1 amide bonds. The van der Waals surface area contributed by atoms with E-state index in [1.807, 2.05) is 32.2 Å². The summed E-state index contributed by atoms with van der Waals surface area (Å²) in [6, 6.07) is 5.72. The SMILES string of the molecule is Cc1c(Br)cccc1C(=O)N(C)CCCCCCl. The summed E-state index contributed by atoms with van der Waals surface area (Å²) < 4.78 is 0.976. The summed E-state index contributed by atoms with van der Waals surface area (Å²) in [7, 11) is 1.85. The number of hydrogen-bond acceptors (Lipinski definition) is 1. The van der Waals surface area contributed by atoms with Gasteiger partial charge in [-0.3, -0.25) is 4.79 Å². The normalized spacial score (nSPS) is 10.4. The summed E-state index contributed by atoms with van der Waals surface area (Å²) in [6.45, 7) is 2.74. The number of carbonyl (C=O) groups is 1. The Kier molecular flexibility index (Phi) is 6.72. The van der Waals surface area contributed by atoms with Gasteiger partial charge in [-0.15, -0.1) is 11.6 Å². The average Bonchev–Trinajstić information content (AvgIpc) is 2.37. The highest BCUT2D eigenvalue weighted by Crippen LogP contribution is 2.20. The molecule has 0 radical (unpaired) electrons. The van der Waals surface area contributed by atoms with E-state index in [1.165, 1.54) is 0 Å². The average molecular weight is 333 g/mol. The molecule has 0 aliphatic rings. The van der Waals surface area contributed by atoms with Crippen LogP contribution >= 0.6 is 27.5 Å². The van der Waals surface area contributed by atoms with E-state index in [1.54, 1.807) is 4.90 Å². The Balaban J connectivity index is 2.60. The fraction of sp³-hybridized carbons (Fsp3) is 0.500. The van der Waals surface area contributed by atoms with Gasteiger partial charge in [0.2, 0.25) is 0 Å². The third kappa shape index (κ3) is 4.29. The van der Waals surface area contributed by atoms with E-state index in [0.29, 0.717) is 5.88 Å². The number of halogens is 2. The molecule has 0 spiro atoms. The molecule has 1 aromatic rings. The van der Waals surface area contributed by atoms with Crippen LogP contribution in [0.2, 0.25) is 0 Å². The zero-order valence-electron chi connectivity index (χ0n) is 10.9. The molecule has 0 bridgehead atoms. The number of unbranched alkanes of at least 4 members (excludes halogenated alkanes) is 2. The number of nitrogens with zero attached hydrogens (tertiary/aromatic N) is 1. The molecular formula is C14H19BrClNO. The van der Waals surface area contributed by atoms with Crippen molar-refractivity contribution < 1.29 is 4.79 Å². The van der Waals surface area contributed by atoms with Gasteiger partial charge in [-0.1, -0.05) is 28.4 Å². The molecule has 0 saturated heterocycles. The van der Waals surface area contributed by atoms with Crippen molar-refractivity contribution in [3.05, 3.63) is 33.8 Å². The smallest absolute Gasteiger partial charge is 0.253 e. The number of rotatable bonds is 6. The van der Waals surface area contributed by atoms with Gasteiger partial charge in [0, 0.05) is 29.5 Å². The third-order valence-corrected chi connectivity index (χ3v) is 4.10. The van der Waals surface area contributed by atoms with Crippen LogP contribution in [0.3, 0.4) is 0 Å². The van der Waals surface area contributed by atoms with Crippen molar-refractivity contribution in [3.8, 4) is 0 Å². The van der Waals surface area contributed by atoms with Crippen molar-refractivity contribution in [2.45, 2.75) is 26.2 Å². The Hall–Kier alpha value is -0.540. The van der Waals surface area contributed by atoms with Gasteiger partial charge in [-0.2, -0.15) is 0 Å². The highest BCUT2D eigenvalue weighted by atomic mass is 79.9. The molecule has 0 saturated carbocycles. The van der Waals surface area contributed by atoms with Gasteiger partial charge in [0.25, 0.3) is 5.91 Å². The summed E-state index contributed by atoms with van der Waals surface area (Å²) in [5.74, 6) is 0.780. The van der Waals surface area contributed by atoms with E-state index in [0.717, 1.165) is 41.4 Å². The molecule has 2 nitrogen and oxygen atoms in total. The van der Waals surface area contributed by atoms with Crippen LogP contribution in [0, 0.1) is 6.92 Å². The van der Waals surface area contributed by atoms with E-state index in [-0.39, 0.29) is 5.91 Å². The van der Waals surface area contributed by atoms with Gasteiger partial charge in [-0.25, -0.2) is 0 Å². The minimum Gasteiger partial charge on any atom is -0.342 e. The van der Waals surface area contributed by atoms with Crippen LogP contribution in [0.25, 0.3) is 0 Å². The molecule has 0 N–H and O–H groups in total. The number of amides is 1. The standard InChI is InChI=1S/C14H19BrClNO/c1-11-12(7-6-8-13(11)15)14(18)17(2)10-5-3-4-9-16/h6-8H,3-5,9-10H2,1-2H3. The topological polar surface area (TPSA) is 20.3 Å². The molecule has 0 aliphatic carbocycles. The van der Waals surface area contributed by atoms with E-state index >= 15 is 0 Å². The van der Waals surface area contributed by atoms with Crippen molar-refractivity contribution in [1.82, 2.24) is 4.90 Å². The molecule has 0 unspecified atom stereocenters. The largest absolute Gasteiger partial charge is 0.342 e. The maximum atomic E-state index is 12.3. The fourth-order valence-corrected chi connectivity index (χ4v) is 2.32. The second-order valence-corrected chi connectivity index (χ2v) is 5.62. The Bertz CT molecular complexity index is 409. The van der Waals surface area contributed by atoms with Crippen LogP contribution < -0.4 is 0 Å². The summed E-state index contributed by atoms with van der Waals surface area (Å²) in [4.78, 5) is 14.0. The minimum absolute atomic E-state index is 0.0830. The molecule has 0 heterocycles. The van der Waals surface area contributed by atoms with Gasteiger partial charge in [0.15, 0.2) is 0 Å². The summed E-state index contributed by atoms with van der Waals surface area (Å²) >= 11 is 9.08. The molecule has 18 heavy (non-hydrogen) atoms. The van der Waals surface area contributed by atoms with Gasteiger partial charge in [-0.05, 0) is 37.5 Å². The van der Waals surface area contributed by atoms with Crippen molar-refractivity contribution in [2.75, 3.05) is 19.5 Å². The number of hydrogen-bond donors (Lipinski definition) is 0. The highest BCUT2D eigenvalue weighted by Gasteiger charge is 2.14. The maximum Gasteiger partial charge on any atom is 0.253 e. The Morgan fingerprint density at radius 3 is 2.72 bits per heavy atom. The molecule has 0 fully saturated rings. The second-order valence-electron chi connectivity index (χ2n) is 4.39. The van der Waals surface area contributed by atoms with Crippen LogP contribution in [0.4, 0.5) is 0 Å². The third-order valence-electron chi connectivity index (χ3n) is 2.97. The minimum atomic E-state index is 0.0830. The number of benzene rings is 1. The van der Waals surface area contributed by atoms with Crippen LogP contribution in [-0.2, 0) is 0 Å². The summed E-state index contributed by atoms with van der Waals surface area (Å²) in [5.41, 5.74) is 1.76. The fourth-order valence-electron chi connectivity index (χ4n) is 1.77. The molecular weight excluding hydrogens is 314 g/mol. The molecule has 4 heteroatoms. The quantitative estimate of drug-likeness (QED) is 0.563. The van der Waals surface area contributed by atoms with Crippen molar-refractivity contribution in [2.24, 2.45) is 0 Å². The summed E-state index contributed by atoms with van der Waals surface area (Å²) in [5, 5.41) is 0.